The minimum atomic E-state index is -1.17. The van der Waals surface area contributed by atoms with E-state index < -0.39 is 17.4 Å². The molecule has 94 valence electrons. The highest BCUT2D eigenvalue weighted by molar-refractivity contribution is 6.34. The third-order valence-electron chi connectivity index (χ3n) is 2.19. The molecule has 0 spiro atoms. The fourth-order valence-electron chi connectivity index (χ4n) is 1.32. The molecule has 6 heteroatoms. The summed E-state index contributed by atoms with van der Waals surface area (Å²) in [7, 11) is 0. The van der Waals surface area contributed by atoms with Crippen LogP contribution in [0.3, 0.4) is 0 Å². The average molecular weight is 290 g/mol. The highest BCUT2D eigenvalue weighted by Gasteiger charge is 2.15. The fraction of sp³-hybridized carbons (Fsp3) is 0. The molecule has 0 atom stereocenters. The highest BCUT2D eigenvalue weighted by atomic mass is 35.5. The Balaban J connectivity index is 2.46. The lowest BCUT2D eigenvalue weighted by Crippen LogP contribution is -1.98. The summed E-state index contributed by atoms with van der Waals surface area (Å²) in [5, 5.41) is 0.562. The summed E-state index contributed by atoms with van der Waals surface area (Å²) in [5.41, 5.74) is 5.48. The molecule has 0 amide bonds. The van der Waals surface area contributed by atoms with Gasteiger partial charge in [-0.2, -0.15) is 4.39 Å². The highest BCUT2D eigenvalue weighted by Crippen LogP contribution is 2.36. The average Bonchev–Trinajstić information content (AvgIpc) is 2.34. The maximum Gasteiger partial charge on any atom is 0.203 e. The summed E-state index contributed by atoms with van der Waals surface area (Å²) in [4.78, 5) is 0. The zero-order valence-electron chi connectivity index (χ0n) is 8.88. The number of hydrogen-bond acceptors (Lipinski definition) is 2. The lowest BCUT2D eigenvalue weighted by molar-refractivity contribution is 0.418. The third kappa shape index (κ3) is 2.49. The maximum absolute atomic E-state index is 13.5. The Morgan fingerprint density at radius 3 is 2.50 bits per heavy atom. The van der Waals surface area contributed by atoms with Crippen molar-refractivity contribution < 1.29 is 13.5 Å². The van der Waals surface area contributed by atoms with E-state index >= 15 is 0 Å². The molecular formula is C12H7Cl2F2NO. The second-order valence-electron chi connectivity index (χ2n) is 3.46. The van der Waals surface area contributed by atoms with E-state index in [-0.39, 0.29) is 16.5 Å². The molecule has 0 unspecified atom stereocenters. The fourth-order valence-corrected chi connectivity index (χ4v) is 1.63. The standard InChI is InChI=1S/C12H7Cl2F2NO/c13-6-1-2-7(14)10(5-6)18-12-9(17)4-3-8(15)11(12)16/h1-5H,17H2. The molecule has 2 nitrogen and oxygen atoms in total. The Morgan fingerprint density at radius 1 is 1.06 bits per heavy atom. The van der Waals surface area contributed by atoms with Gasteiger partial charge in [0.2, 0.25) is 5.82 Å². The van der Waals surface area contributed by atoms with Crippen molar-refractivity contribution in [3.63, 3.8) is 0 Å². The minimum absolute atomic E-state index is 0.0371. The first-order valence-corrected chi connectivity index (χ1v) is 5.61. The first-order chi connectivity index (χ1) is 8.49. The molecule has 0 aliphatic carbocycles. The van der Waals surface area contributed by atoms with Gasteiger partial charge in [-0.25, -0.2) is 4.39 Å². The van der Waals surface area contributed by atoms with Crippen LogP contribution >= 0.6 is 23.2 Å². The van der Waals surface area contributed by atoms with Crippen LogP contribution in [0.4, 0.5) is 14.5 Å². The van der Waals surface area contributed by atoms with Crippen molar-refractivity contribution in [2.24, 2.45) is 0 Å². The van der Waals surface area contributed by atoms with Gasteiger partial charge in [-0.05, 0) is 24.3 Å². The van der Waals surface area contributed by atoms with Crippen LogP contribution in [0.25, 0.3) is 0 Å². The van der Waals surface area contributed by atoms with Crippen molar-refractivity contribution >= 4 is 28.9 Å². The Kier molecular flexibility index (Phi) is 3.59. The van der Waals surface area contributed by atoms with Crippen LogP contribution < -0.4 is 10.5 Å². The second-order valence-corrected chi connectivity index (χ2v) is 4.30. The Hall–Kier alpha value is -1.52. The zero-order chi connectivity index (χ0) is 13.3. The van der Waals surface area contributed by atoms with Gasteiger partial charge in [0.1, 0.15) is 5.75 Å². The lowest BCUT2D eigenvalue weighted by atomic mass is 10.2. The molecular weight excluding hydrogens is 283 g/mol. The maximum atomic E-state index is 13.5. The molecule has 0 aliphatic heterocycles. The van der Waals surface area contributed by atoms with Gasteiger partial charge in [-0.1, -0.05) is 23.2 Å². The normalized spacial score (nSPS) is 10.4. The predicted molar refractivity (Wildman–Crippen MR) is 67.3 cm³/mol. The lowest BCUT2D eigenvalue weighted by Gasteiger charge is -2.11. The smallest absolute Gasteiger partial charge is 0.203 e. The van der Waals surface area contributed by atoms with E-state index in [1.165, 1.54) is 18.2 Å². The summed E-state index contributed by atoms with van der Waals surface area (Å²) in [6.07, 6.45) is 0. The van der Waals surface area contributed by atoms with Crippen LogP contribution in [0.15, 0.2) is 30.3 Å². The van der Waals surface area contributed by atoms with Gasteiger partial charge < -0.3 is 10.5 Å². The molecule has 2 N–H and O–H groups in total. The molecule has 2 rings (SSSR count). The largest absolute Gasteiger partial charge is 0.450 e. The van der Waals surface area contributed by atoms with E-state index in [0.29, 0.717) is 5.02 Å². The van der Waals surface area contributed by atoms with Gasteiger partial charge >= 0.3 is 0 Å². The number of halogens is 4. The summed E-state index contributed by atoms with van der Waals surface area (Å²) in [6, 6.07) is 6.52. The molecule has 0 aliphatic rings. The Bertz CT molecular complexity index is 605. The third-order valence-corrected chi connectivity index (χ3v) is 2.73. The van der Waals surface area contributed by atoms with Crippen molar-refractivity contribution in [1.82, 2.24) is 0 Å². The Morgan fingerprint density at radius 2 is 1.78 bits per heavy atom. The monoisotopic (exact) mass is 289 g/mol. The molecule has 0 saturated carbocycles. The molecule has 2 aromatic carbocycles. The molecule has 0 heterocycles. The quantitative estimate of drug-likeness (QED) is 0.817. The molecule has 0 fully saturated rings. The van der Waals surface area contributed by atoms with Crippen LogP contribution in [0.2, 0.25) is 10.0 Å². The van der Waals surface area contributed by atoms with Gasteiger partial charge in [0.05, 0.1) is 10.7 Å². The number of hydrogen-bond donors (Lipinski definition) is 1. The number of ether oxygens (including phenoxy) is 1. The van der Waals surface area contributed by atoms with E-state index in [1.54, 1.807) is 6.07 Å². The molecule has 0 aromatic heterocycles. The van der Waals surface area contributed by atoms with Gasteiger partial charge in [0.15, 0.2) is 11.6 Å². The Labute approximate surface area is 112 Å². The van der Waals surface area contributed by atoms with E-state index in [1.807, 2.05) is 0 Å². The van der Waals surface area contributed by atoms with E-state index in [4.69, 9.17) is 33.7 Å². The predicted octanol–water partition coefficient (Wildman–Crippen LogP) is 4.65. The summed E-state index contributed by atoms with van der Waals surface area (Å²) in [5.74, 6) is -2.55. The van der Waals surface area contributed by atoms with Crippen molar-refractivity contribution in [3.05, 3.63) is 52.0 Å². The van der Waals surface area contributed by atoms with Crippen LogP contribution in [0.5, 0.6) is 11.5 Å². The number of anilines is 1. The number of nitrogens with two attached hydrogens (primary N) is 1. The zero-order valence-corrected chi connectivity index (χ0v) is 10.4. The topological polar surface area (TPSA) is 35.2 Å². The molecule has 2 aromatic rings. The van der Waals surface area contributed by atoms with Crippen LogP contribution in [-0.2, 0) is 0 Å². The van der Waals surface area contributed by atoms with E-state index in [9.17, 15) is 8.78 Å². The van der Waals surface area contributed by atoms with Crippen molar-refractivity contribution in [1.29, 1.82) is 0 Å². The van der Waals surface area contributed by atoms with Crippen LogP contribution in [-0.4, -0.2) is 0 Å². The van der Waals surface area contributed by atoms with Crippen LogP contribution in [0.1, 0.15) is 0 Å². The number of nitrogen functional groups attached to an aromatic ring is 1. The van der Waals surface area contributed by atoms with Gasteiger partial charge in [0.25, 0.3) is 0 Å². The van der Waals surface area contributed by atoms with Crippen molar-refractivity contribution in [2.45, 2.75) is 0 Å². The molecule has 0 bridgehead atoms. The summed E-state index contributed by atoms with van der Waals surface area (Å²) < 4.78 is 31.8. The van der Waals surface area contributed by atoms with E-state index in [2.05, 4.69) is 0 Å². The summed E-state index contributed by atoms with van der Waals surface area (Å²) in [6.45, 7) is 0. The van der Waals surface area contributed by atoms with Gasteiger partial charge in [-0.3, -0.25) is 0 Å². The second kappa shape index (κ2) is 5.00. The molecule has 18 heavy (non-hydrogen) atoms. The molecule has 0 radical (unpaired) electrons. The van der Waals surface area contributed by atoms with Crippen LogP contribution in [0, 0.1) is 11.6 Å². The molecule has 0 saturated heterocycles. The number of rotatable bonds is 2. The minimum Gasteiger partial charge on any atom is -0.450 e. The summed E-state index contributed by atoms with van der Waals surface area (Å²) >= 11 is 11.6. The van der Waals surface area contributed by atoms with Crippen molar-refractivity contribution in [2.75, 3.05) is 5.73 Å². The first kappa shape index (κ1) is 12.9. The number of benzene rings is 2. The first-order valence-electron chi connectivity index (χ1n) is 4.85. The van der Waals surface area contributed by atoms with Gasteiger partial charge in [-0.15, -0.1) is 0 Å². The van der Waals surface area contributed by atoms with Gasteiger partial charge in [0, 0.05) is 11.1 Å². The van der Waals surface area contributed by atoms with E-state index in [0.717, 1.165) is 6.07 Å². The SMILES string of the molecule is Nc1ccc(F)c(F)c1Oc1cc(Cl)ccc1Cl. The van der Waals surface area contributed by atoms with Crippen molar-refractivity contribution in [3.8, 4) is 11.5 Å².